The Morgan fingerprint density at radius 2 is 1.83 bits per heavy atom. The first kappa shape index (κ1) is 14.5. The van der Waals surface area contributed by atoms with Crippen LogP contribution in [-0.4, -0.2) is 29.9 Å². The van der Waals surface area contributed by atoms with Gasteiger partial charge in [0.15, 0.2) is 17.5 Å². The van der Waals surface area contributed by atoms with E-state index in [2.05, 4.69) is 0 Å². The van der Waals surface area contributed by atoms with E-state index < -0.39 is 34.5 Å². The topological polar surface area (TPSA) is 46.3 Å². The summed E-state index contributed by atoms with van der Waals surface area (Å²) in [6, 6.07) is 1.63. The molecular weight excluding hydrogens is 245 g/mol. The predicted octanol–water partition coefficient (Wildman–Crippen LogP) is 1.91. The highest BCUT2D eigenvalue weighted by Crippen LogP contribution is 2.20. The molecule has 0 aliphatic carbocycles. The van der Waals surface area contributed by atoms with Crippen LogP contribution >= 0.6 is 0 Å². The summed E-state index contributed by atoms with van der Waals surface area (Å²) < 4.78 is 39.3. The maximum Gasteiger partial charge on any atom is 0.257 e. The molecule has 2 N–H and O–H groups in total. The normalized spacial score (nSPS) is 11.5. The average Bonchev–Trinajstić information content (AvgIpc) is 2.34. The highest BCUT2D eigenvalue weighted by Gasteiger charge is 2.29. The fourth-order valence-electron chi connectivity index (χ4n) is 1.28. The lowest BCUT2D eigenvalue weighted by Gasteiger charge is -2.34. The Labute approximate surface area is 103 Å². The fraction of sp³-hybridized carbons (Fsp3) is 0.417. The molecule has 1 aromatic carbocycles. The Kier molecular flexibility index (Phi) is 4.01. The summed E-state index contributed by atoms with van der Waals surface area (Å²) in [7, 11) is 1.43. The summed E-state index contributed by atoms with van der Waals surface area (Å²) in [5.41, 5.74) is 4.26. The number of nitrogens with zero attached hydrogens (tertiary/aromatic N) is 1. The first-order chi connectivity index (χ1) is 8.22. The van der Waals surface area contributed by atoms with Crippen molar-refractivity contribution in [2.45, 2.75) is 19.4 Å². The van der Waals surface area contributed by atoms with E-state index in [1.54, 1.807) is 13.8 Å². The van der Waals surface area contributed by atoms with Crippen molar-refractivity contribution >= 4 is 5.91 Å². The third kappa shape index (κ3) is 2.48. The highest BCUT2D eigenvalue weighted by molar-refractivity contribution is 5.94. The van der Waals surface area contributed by atoms with Gasteiger partial charge in [-0.2, -0.15) is 0 Å². The van der Waals surface area contributed by atoms with Gasteiger partial charge >= 0.3 is 0 Å². The van der Waals surface area contributed by atoms with E-state index in [1.165, 1.54) is 11.9 Å². The van der Waals surface area contributed by atoms with Gasteiger partial charge in [0.05, 0.1) is 5.56 Å². The number of hydrogen-bond donors (Lipinski definition) is 1. The van der Waals surface area contributed by atoms with E-state index in [0.717, 1.165) is 12.1 Å². The average molecular weight is 260 g/mol. The minimum absolute atomic E-state index is 0.153. The van der Waals surface area contributed by atoms with Gasteiger partial charge in [-0.1, -0.05) is 0 Å². The smallest absolute Gasteiger partial charge is 0.257 e. The molecule has 0 saturated carbocycles. The molecule has 0 fully saturated rings. The second-order valence-corrected chi connectivity index (χ2v) is 4.60. The van der Waals surface area contributed by atoms with Crippen LogP contribution in [0.15, 0.2) is 12.1 Å². The second kappa shape index (κ2) is 4.97. The summed E-state index contributed by atoms with van der Waals surface area (Å²) in [4.78, 5) is 13.2. The third-order valence-corrected chi connectivity index (χ3v) is 2.98. The number of carbonyl (C=O) groups is 1. The van der Waals surface area contributed by atoms with Crippen molar-refractivity contribution in [2.75, 3.05) is 13.6 Å². The molecule has 100 valence electrons. The van der Waals surface area contributed by atoms with Gasteiger partial charge in [0.1, 0.15) is 0 Å². The first-order valence-electron chi connectivity index (χ1n) is 5.34. The van der Waals surface area contributed by atoms with Crippen LogP contribution in [0.25, 0.3) is 0 Å². The van der Waals surface area contributed by atoms with Crippen LogP contribution in [0.5, 0.6) is 0 Å². The van der Waals surface area contributed by atoms with Gasteiger partial charge in [-0.05, 0) is 26.0 Å². The van der Waals surface area contributed by atoms with Gasteiger partial charge in [0, 0.05) is 19.1 Å². The monoisotopic (exact) mass is 260 g/mol. The molecule has 0 heterocycles. The van der Waals surface area contributed by atoms with Crippen molar-refractivity contribution in [1.82, 2.24) is 4.90 Å². The van der Waals surface area contributed by atoms with Crippen LogP contribution in [0.3, 0.4) is 0 Å². The molecule has 18 heavy (non-hydrogen) atoms. The van der Waals surface area contributed by atoms with E-state index in [0.29, 0.717) is 0 Å². The number of hydrogen-bond acceptors (Lipinski definition) is 2. The van der Waals surface area contributed by atoms with Gasteiger partial charge in [-0.25, -0.2) is 13.2 Å². The Morgan fingerprint density at radius 1 is 1.28 bits per heavy atom. The van der Waals surface area contributed by atoms with E-state index in [4.69, 9.17) is 5.73 Å². The minimum atomic E-state index is -1.65. The van der Waals surface area contributed by atoms with E-state index >= 15 is 0 Å². The van der Waals surface area contributed by atoms with Crippen LogP contribution < -0.4 is 5.73 Å². The maximum absolute atomic E-state index is 13.5. The zero-order valence-electron chi connectivity index (χ0n) is 10.4. The van der Waals surface area contributed by atoms with E-state index in [-0.39, 0.29) is 6.54 Å². The molecular formula is C12H15F3N2O. The number of amides is 1. The number of carbonyl (C=O) groups excluding carboxylic acids is 1. The van der Waals surface area contributed by atoms with Crippen molar-refractivity contribution in [1.29, 1.82) is 0 Å². The summed E-state index contributed by atoms with van der Waals surface area (Å²) in [5, 5.41) is 0. The lowest BCUT2D eigenvalue weighted by molar-refractivity contribution is 0.0634. The fourth-order valence-corrected chi connectivity index (χ4v) is 1.28. The van der Waals surface area contributed by atoms with Crippen molar-refractivity contribution in [3.05, 3.63) is 35.1 Å². The molecule has 0 saturated heterocycles. The molecule has 0 aliphatic rings. The van der Waals surface area contributed by atoms with Crippen LogP contribution in [0.4, 0.5) is 13.2 Å². The zero-order valence-corrected chi connectivity index (χ0v) is 10.4. The lowest BCUT2D eigenvalue weighted by Crippen LogP contribution is -2.50. The zero-order chi connectivity index (χ0) is 14.1. The standard InChI is InChI=1S/C12H15F3N2O/c1-12(2,6-16)17(3)11(18)7-4-5-8(13)10(15)9(7)14/h4-5H,6,16H2,1-3H3. The molecule has 3 nitrogen and oxygen atoms in total. The van der Waals surface area contributed by atoms with Crippen LogP contribution in [0.2, 0.25) is 0 Å². The van der Waals surface area contributed by atoms with Crippen molar-refractivity contribution < 1.29 is 18.0 Å². The summed E-state index contributed by atoms with van der Waals surface area (Å²) in [6.45, 7) is 3.52. The van der Waals surface area contributed by atoms with E-state index in [1.807, 2.05) is 0 Å². The molecule has 0 radical (unpaired) electrons. The third-order valence-electron chi connectivity index (χ3n) is 2.98. The number of halogens is 3. The first-order valence-corrected chi connectivity index (χ1v) is 5.34. The Bertz CT molecular complexity index is 475. The Morgan fingerprint density at radius 3 is 2.33 bits per heavy atom. The quantitative estimate of drug-likeness (QED) is 0.844. The largest absolute Gasteiger partial charge is 0.335 e. The predicted molar refractivity (Wildman–Crippen MR) is 61.5 cm³/mol. The highest BCUT2D eigenvalue weighted by atomic mass is 19.2. The van der Waals surface area contributed by atoms with Crippen molar-refractivity contribution in [3.8, 4) is 0 Å². The minimum Gasteiger partial charge on any atom is -0.335 e. The Balaban J connectivity index is 3.17. The van der Waals surface area contributed by atoms with Crippen molar-refractivity contribution in [3.63, 3.8) is 0 Å². The van der Waals surface area contributed by atoms with Gasteiger partial charge in [-0.3, -0.25) is 4.79 Å². The van der Waals surface area contributed by atoms with Gasteiger partial charge in [0.25, 0.3) is 5.91 Å². The maximum atomic E-state index is 13.5. The van der Waals surface area contributed by atoms with Gasteiger partial charge in [-0.15, -0.1) is 0 Å². The van der Waals surface area contributed by atoms with Gasteiger partial charge in [0.2, 0.25) is 0 Å². The van der Waals surface area contributed by atoms with Crippen LogP contribution in [0, 0.1) is 17.5 Å². The van der Waals surface area contributed by atoms with Crippen LogP contribution in [0.1, 0.15) is 24.2 Å². The summed E-state index contributed by atoms with van der Waals surface area (Å²) in [5.74, 6) is -5.22. The van der Waals surface area contributed by atoms with Gasteiger partial charge < -0.3 is 10.6 Å². The molecule has 1 aromatic rings. The molecule has 6 heteroatoms. The molecule has 0 aromatic heterocycles. The summed E-state index contributed by atoms with van der Waals surface area (Å²) in [6.07, 6.45) is 0. The number of likely N-dealkylation sites (N-methyl/N-ethyl adjacent to an activating group) is 1. The molecule has 0 spiro atoms. The lowest BCUT2D eigenvalue weighted by atomic mass is 10.0. The number of nitrogens with two attached hydrogens (primary N) is 1. The molecule has 0 unspecified atom stereocenters. The molecule has 1 rings (SSSR count). The van der Waals surface area contributed by atoms with Crippen molar-refractivity contribution in [2.24, 2.45) is 5.73 Å². The number of benzene rings is 1. The molecule has 0 atom stereocenters. The summed E-state index contributed by atoms with van der Waals surface area (Å²) >= 11 is 0. The van der Waals surface area contributed by atoms with Crippen LogP contribution in [-0.2, 0) is 0 Å². The molecule has 1 amide bonds. The SMILES string of the molecule is CN(C(=O)c1ccc(F)c(F)c1F)C(C)(C)CN. The molecule has 0 aliphatic heterocycles. The second-order valence-electron chi connectivity index (χ2n) is 4.60. The van der Waals surface area contributed by atoms with E-state index in [9.17, 15) is 18.0 Å². The Hall–Kier alpha value is -1.56. The number of rotatable bonds is 3. The molecule has 0 bridgehead atoms.